The van der Waals surface area contributed by atoms with Crippen LogP contribution in [0.25, 0.3) is 28.1 Å². The van der Waals surface area contributed by atoms with Crippen molar-refractivity contribution in [3.05, 3.63) is 102 Å². The van der Waals surface area contributed by atoms with E-state index in [4.69, 9.17) is 0 Å². The maximum Gasteiger partial charge on any atom is 0.416 e. The maximum absolute atomic E-state index is 15.7. The molecule has 3 N–H and O–H groups in total. The molecule has 0 unspecified atom stereocenters. The summed E-state index contributed by atoms with van der Waals surface area (Å²) in [5.41, 5.74) is -0.544. The summed E-state index contributed by atoms with van der Waals surface area (Å²) in [5.74, 6) is -3.26. The molecule has 4 aromatic heterocycles. The van der Waals surface area contributed by atoms with Crippen LogP contribution < -0.4 is 10.6 Å². The molecule has 0 fully saturated rings. The number of aryl methyl sites for hydroxylation is 1. The number of aromatic nitrogens is 7. The fourth-order valence-corrected chi connectivity index (χ4v) is 4.36. The Hall–Kier alpha value is -5.73. The first-order chi connectivity index (χ1) is 20.6. The third-order valence-electron chi connectivity index (χ3n) is 6.39. The highest BCUT2D eigenvalue weighted by Crippen LogP contribution is 2.35. The molecule has 0 saturated heterocycles. The molecular weight excluding hydrogens is 573 g/mol. The van der Waals surface area contributed by atoms with Crippen LogP contribution in [0.3, 0.4) is 0 Å². The second-order valence-corrected chi connectivity index (χ2v) is 9.27. The van der Waals surface area contributed by atoms with Crippen LogP contribution in [0.4, 0.5) is 39.1 Å². The minimum atomic E-state index is -4.77. The van der Waals surface area contributed by atoms with Crippen molar-refractivity contribution in [3.63, 3.8) is 0 Å². The minimum absolute atomic E-state index is 0.0151. The third-order valence-corrected chi connectivity index (χ3v) is 6.39. The van der Waals surface area contributed by atoms with Crippen molar-refractivity contribution < 1.29 is 26.7 Å². The molecule has 1 amide bonds. The van der Waals surface area contributed by atoms with Crippen LogP contribution >= 0.6 is 0 Å². The quantitative estimate of drug-likeness (QED) is 0.197. The molecule has 4 heterocycles. The number of carbonyl (C=O) groups is 1. The van der Waals surface area contributed by atoms with Crippen molar-refractivity contribution in [1.82, 2.24) is 34.5 Å². The molecule has 0 aliphatic rings. The Morgan fingerprint density at radius 3 is 2.60 bits per heavy atom. The van der Waals surface area contributed by atoms with E-state index in [2.05, 4.69) is 40.5 Å². The maximum atomic E-state index is 15.7. The predicted molar refractivity (Wildman–Crippen MR) is 146 cm³/mol. The first-order valence-corrected chi connectivity index (χ1v) is 12.5. The average Bonchev–Trinajstić information content (AvgIpc) is 3.65. The van der Waals surface area contributed by atoms with E-state index < -0.39 is 46.2 Å². The van der Waals surface area contributed by atoms with Crippen LogP contribution in [0.1, 0.15) is 21.6 Å². The van der Waals surface area contributed by atoms with Gasteiger partial charge in [-0.3, -0.25) is 4.79 Å². The van der Waals surface area contributed by atoms with E-state index in [0.29, 0.717) is 34.2 Å². The van der Waals surface area contributed by atoms with Crippen LogP contribution in [-0.4, -0.2) is 40.4 Å². The number of carbonyl (C=O) groups excluding carboxylic acids is 1. The Balaban J connectivity index is 1.34. The number of benzene rings is 2. The highest BCUT2D eigenvalue weighted by Gasteiger charge is 2.32. The monoisotopic (exact) mass is 591 g/mol. The number of hydrogen-bond acceptors (Lipinski definition) is 7. The number of rotatable bonds is 6. The van der Waals surface area contributed by atoms with Gasteiger partial charge in [-0.15, -0.1) is 0 Å². The van der Waals surface area contributed by atoms with E-state index in [1.165, 1.54) is 42.0 Å². The number of amides is 1. The van der Waals surface area contributed by atoms with Gasteiger partial charge in [0.25, 0.3) is 5.91 Å². The molecule has 0 bridgehead atoms. The molecule has 2 aromatic carbocycles. The Kier molecular flexibility index (Phi) is 6.76. The number of imidazole rings is 2. The Morgan fingerprint density at radius 2 is 1.84 bits per heavy atom. The summed E-state index contributed by atoms with van der Waals surface area (Å²) in [5, 5.41) is 4.86. The number of pyridine rings is 1. The SMILES string of the molecule is Cc1cn(-c2cc(C(=O)Nc3ccc(F)c(Nc4ncccc4-c4ncnc5nc[nH]c45)c3F)cc(C(F)(F)F)c2)cn1. The zero-order valence-corrected chi connectivity index (χ0v) is 21.9. The number of hydrogen-bond donors (Lipinski definition) is 3. The Morgan fingerprint density at radius 1 is 1.00 bits per heavy atom. The predicted octanol–water partition coefficient (Wildman–Crippen LogP) is 6.20. The van der Waals surface area contributed by atoms with Crippen LogP contribution in [0, 0.1) is 18.6 Å². The number of nitrogens with zero attached hydrogens (tertiary/aromatic N) is 6. The number of fused-ring (bicyclic) bond motifs is 1. The van der Waals surface area contributed by atoms with Gasteiger partial charge in [0, 0.05) is 29.2 Å². The minimum Gasteiger partial charge on any atom is -0.341 e. The van der Waals surface area contributed by atoms with Gasteiger partial charge in [0.05, 0.1) is 29.6 Å². The van der Waals surface area contributed by atoms with Crippen LogP contribution in [0.2, 0.25) is 0 Å². The number of H-pyrrole nitrogens is 1. The summed E-state index contributed by atoms with van der Waals surface area (Å²) < 4.78 is 72.9. The van der Waals surface area contributed by atoms with Crippen molar-refractivity contribution in [2.24, 2.45) is 0 Å². The van der Waals surface area contributed by atoms with Gasteiger partial charge in [0.2, 0.25) is 0 Å². The molecular formula is C28H18F5N9O. The van der Waals surface area contributed by atoms with Crippen molar-refractivity contribution >= 4 is 34.3 Å². The van der Waals surface area contributed by atoms with Gasteiger partial charge < -0.3 is 20.2 Å². The number of halogens is 5. The number of anilines is 3. The van der Waals surface area contributed by atoms with Crippen LogP contribution in [0.15, 0.2) is 73.8 Å². The average molecular weight is 592 g/mol. The van der Waals surface area contributed by atoms with Crippen molar-refractivity contribution in [2.45, 2.75) is 13.1 Å². The first kappa shape index (κ1) is 27.4. The van der Waals surface area contributed by atoms with Gasteiger partial charge >= 0.3 is 6.18 Å². The molecule has 0 atom stereocenters. The molecule has 0 spiro atoms. The molecule has 15 heteroatoms. The topological polar surface area (TPSA) is 126 Å². The first-order valence-electron chi connectivity index (χ1n) is 12.5. The molecule has 0 aliphatic heterocycles. The van der Waals surface area contributed by atoms with Gasteiger partial charge in [0.1, 0.15) is 34.9 Å². The van der Waals surface area contributed by atoms with Gasteiger partial charge in [-0.2, -0.15) is 13.2 Å². The number of aromatic amines is 1. The number of alkyl halides is 3. The normalized spacial score (nSPS) is 11.6. The van der Waals surface area contributed by atoms with E-state index in [1.807, 2.05) is 0 Å². The van der Waals surface area contributed by atoms with Crippen molar-refractivity contribution in [3.8, 4) is 16.9 Å². The van der Waals surface area contributed by atoms with Crippen LogP contribution in [-0.2, 0) is 6.18 Å². The van der Waals surface area contributed by atoms with Gasteiger partial charge in [-0.05, 0) is 49.4 Å². The summed E-state index contributed by atoms with van der Waals surface area (Å²) >= 11 is 0. The molecule has 6 rings (SSSR count). The molecule has 0 radical (unpaired) electrons. The third kappa shape index (κ3) is 5.35. The molecule has 216 valence electrons. The van der Waals surface area contributed by atoms with Gasteiger partial charge in [-0.1, -0.05) is 0 Å². The van der Waals surface area contributed by atoms with Crippen molar-refractivity contribution in [1.29, 1.82) is 0 Å². The summed E-state index contributed by atoms with van der Waals surface area (Å²) in [6.45, 7) is 1.65. The lowest BCUT2D eigenvalue weighted by Crippen LogP contribution is -2.16. The molecule has 6 aromatic rings. The summed E-state index contributed by atoms with van der Waals surface area (Å²) in [7, 11) is 0. The smallest absolute Gasteiger partial charge is 0.341 e. The lowest BCUT2D eigenvalue weighted by Gasteiger charge is -2.15. The standard InChI is InChI=1S/C28H18F5N9O/c1-14-10-42(13-39-14)17-8-15(7-16(9-17)28(31,32)33)27(43)40-20-5-4-19(29)23(21(20)30)41-25-18(3-2-6-34-25)22-24-26(37-11-35-22)38-12-36-24/h2-13H,1H3,(H,34,41)(H,40,43)(H,35,36,37,38). The molecule has 43 heavy (non-hydrogen) atoms. The van der Waals surface area contributed by atoms with E-state index >= 15 is 4.39 Å². The fraction of sp³-hybridized carbons (Fsp3) is 0.0714. The van der Waals surface area contributed by atoms with Gasteiger partial charge in [-0.25, -0.2) is 33.7 Å². The zero-order valence-electron chi connectivity index (χ0n) is 21.9. The molecule has 0 aliphatic carbocycles. The van der Waals surface area contributed by atoms with E-state index in [0.717, 1.165) is 18.2 Å². The highest BCUT2D eigenvalue weighted by atomic mass is 19.4. The van der Waals surface area contributed by atoms with E-state index in [-0.39, 0.29) is 11.5 Å². The fourth-order valence-electron chi connectivity index (χ4n) is 4.36. The number of nitrogens with one attached hydrogen (secondary N) is 3. The largest absolute Gasteiger partial charge is 0.416 e. The summed E-state index contributed by atoms with van der Waals surface area (Å²) in [6.07, 6.45) is 2.10. The molecule has 0 saturated carbocycles. The Labute approximate surface area is 238 Å². The summed E-state index contributed by atoms with van der Waals surface area (Å²) in [6, 6.07) is 7.77. The van der Waals surface area contributed by atoms with E-state index in [1.54, 1.807) is 19.1 Å². The van der Waals surface area contributed by atoms with Crippen LogP contribution in [0.5, 0.6) is 0 Å². The van der Waals surface area contributed by atoms with Crippen molar-refractivity contribution in [2.75, 3.05) is 10.6 Å². The second-order valence-electron chi connectivity index (χ2n) is 9.27. The summed E-state index contributed by atoms with van der Waals surface area (Å²) in [4.78, 5) is 36.6. The second kappa shape index (κ2) is 10.6. The molecule has 10 nitrogen and oxygen atoms in total. The lowest BCUT2D eigenvalue weighted by molar-refractivity contribution is -0.137. The van der Waals surface area contributed by atoms with E-state index in [9.17, 15) is 22.4 Å². The van der Waals surface area contributed by atoms with Gasteiger partial charge in [0.15, 0.2) is 11.5 Å². The highest BCUT2D eigenvalue weighted by molar-refractivity contribution is 6.05. The zero-order chi connectivity index (χ0) is 30.3. The lowest BCUT2D eigenvalue weighted by atomic mass is 10.1. The Bertz CT molecular complexity index is 2000.